The van der Waals surface area contributed by atoms with Crippen LogP contribution in [0.25, 0.3) is 11.3 Å². The molecule has 0 saturated carbocycles. The summed E-state index contributed by atoms with van der Waals surface area (Å²) in [5.74, 6) is -0.974. The Morgan fingerprint density at radius 3 is 1.76 bits per heavy atom. The molecule has 0 saturated heterocycles. The number of hydrogen-bond donors (Lipinski definition) is 0. The van der Waals surface area contributed by atoms with Crippen molar-refractivity contribution in [2.45, 2.75) is 30.6 Å². The number of amides is 1. The molecular formula is C24H19K3N4O8S2. The van der Waals surface area contributed by atoms with Crippen molar-refractivity contribution < 1.29 is 190 Å². The molecule has 12 nitrogen and oxygen atoms in total. The Kier molecular flexibility index (Phi) is 15.4. The second-order valence-corrected chi connectivity index (χ2v) is 11.1. The van der Waals surface area contributed by atoms with Gasteiger partial charge in [-0.3, -0.25) is 4.79 Å². The van der Waals surface area contributed by atoms with Crippen LogP contribution in [0.2, 0.25) is 0 Å². The van der Waals surface area contributed by atoms with Gasteiger partial charge in [0, 0.05) is 5.56 Å². The number of carbonyl (C=O) groups excluding carboxylic acids is 1. The van der Waals surface area contributed by atoms with Crippen molar-refractivity contribution in [2.24, 2.45) is 5.10 Å². The fraction of sp³-hybridized carbons (Fsp3) is 0.125. The van der Waals surface area contributed by atoms with Crippen LogP contribution in [0.3, 0.4) is 0 Å². The Labute approximate surface area is 365 Å². The van der Waals surface area contributed by atoms with Crippen LogP contribution in [-0.2, 0) is 25.0 Å². The monoisotopic (exact) mass is 672 g/mol. The average Bonchev–Trinajstić information content (AvgIpc) is 3.30. The van der Waals surface area contributed by atoms with Crippen molar-refractivity contribution in [2.75, 3.05) is 5.01 Å². The van der Waals surface area contributed by atoms with Gasteiger partial charge in [0.15, 0.2) is 0 Å². The van der Waals surface area contributed by atoms with Gasteiger partial charge in [-0.15, -0.1) is 0 Å². The minimum absolute atomic E-state index is 0. The van der Waals surface area contributed by atoms with Crippen LogP contribution >= 0.6 is 0 Å². The second kappa shape index (κ2) is 15.9. The van der Waals surface area contributed by atoms with Crippen LogP contribution < -0.4 is 164 Å². The first-order chi connectivity index (χ1) is 17.7. The summed E-state index contributed by atoms with van der Waals surface area (Å²) < 4.78 is 68.0. The quantitative estimate of drug-likeness (QED) is 0.139. The van der Waals surface area contributed by atoms with Crippen LogP contribution in [0.5, 0.6) is 5.88 Å². The zero-order chi connectivity index (χ0) is 28.0. The van der Waals surface area contributed by atoms with E-state index in [1.807, 2.05) is 0 Å². The Balaban J connectivity index is 0.00000280. The first kappa shape index (κ1) is 39.8. The van der Waals surface area contributed by atoms with Crippen molar-refractivity contribution in [1.29, 1.82) is 0 Å². The molecule has 0 aliphatic carbocycles. The van der Waals surface area contributed by atoms with Gasteiger partial charge in [-0.25, -0.2) is 21.5 Å². The maximum atomic E-state index is 13.1. The van der Waals surface area contributed by atoms with Crippen molar-refractivity contribution in [3.63, 3.8) is 0 Å². The molecule has 0 fully saturated rings. The number of rotatable bonds is 6. The van der Waals surface area contributed by atoms with Gasteiger partial charge in [0.1, 0.15) is 20.2 Å². The van der Waals surface area contributed by atoms with Crippen LogP contribution in [0.1, 0.15) is 25.1 Å². The largest absolute Gasteiger partial charge is 1.00 e. The number of hydrazone groups is 1. The third kappa shape index (κ3) is 9.18. The van der Waals surface area contributed by atoms with Crippen molar-refractivity contribution in [3.8, 4) is 11.6 Å². The smallest absolute Gasteiger partial charge is 0.858 e. The van der Waals surface area contributed by atoms with Gasteiger partial charge in [0.05, 0.1) is 38.1 Å². The molecule has 0 bridgehead atoms. The molecule has 1 aliphatic rings. The average molecular weight is 673 g/mol. The fourth-order valence-electron chi connectivity index (χ4n) is 3.82. The molecule has 0 N–H and O–H groups in total. The fourth-order valence-corrected chi connectivity index (χ4v) is 4.76. The van der Waals surface area contributed by atoms with E-state index in [9.17, 15) is 35.8 Å². The van der Waals surface area contributed by atoms with Crippen molar-refractivity contribution in [3.05, 3.63) is 77.5 Å². The van der Waals surface area contributed by atoms with E-state index in [1.54, 1.807) is 26.8 Å². The number of hydrogen-bond acceptors (Lipinski definition) is 10. The number of anilines is 1. The molecule has 3 aromatic rings. The summed E-state index contributed by atoms with van der Waals surface area (Å²) >= 11 is 0. The molecule has 0 atom stereocenters. The maximum Gasteiger partial charge on any atom is 1.00 e. The molecule has 0 spiro atoms. The van der Waals surface area contributed by atoms with E-state index < -0.39 is 41.8 Å². The molecule has 2 heterocycles. The number of carbonyl (C=O) groups is 1. The van der Waals surface area contributed by atoms with Gasteiger partial charge < -0.3 is 14.2 Å². The zero-order valence-corrected chi connectivity index (χ0v) is 34.1. The molecule has 1 amide bonds. The van der Waals surface area contributed by atoms with Gasteiger partial charge in [-0.05, 0) is 86.8 Å². The molecular weight excluding hydrogens is 654 g/mol. The van der Waals surface area contributed by atoms with Gasteiger partial charge >= 0.3 is 154 Å². The first-order valence-corrected chi connectivity index (χ1v) is 13.7. The predicted molar refractivity (Wildman–Crippen MR) is 132 cm³/mol. The van der Waals surface area contributed by atoms with Crippen LogP contribution in [-0.4, -0.2) is 47.3 Å². The molecule has 4 rings (SSSR count). The Bertz CT molecular complexity index is 1770. The van der Waals surface area contributed by atoms with Crippen molar-refractivity contribution >= 4 is 43.1 Å². The normalized spacial score (nSPS) is 14.7. The Morgan fingerprint density at radius 2 is 1.29 bits per heavy atom. The van der Waals surface area contributed by atoms with E-state index in [2.05, 4.69) is 10.2 Å². The molecule has 198 valence electrons. The van der Waals surface area contributed by atoms with Gasteiger partial charge in [0.25, 0.3) is 5.91 Å². The third-order valence-electron chi connectivity index (χ3n) is 5.71. The first-order valence-electron chi connectivity index (χ1n) is 10.9. The summed E-state index contributed by atoms with van der Waals surface area (Å²) in [6.07, 6.45) is 3.06. The molecule has 0 unspecified atom stereocenters. The standard InChI is InChI=1S/C24H22N4O8S2.3K/c1-14(22-16(3)26-28(24(22)30)18-7-11-20(12-8-18)38(34,35)36)4-13-21-15(2)25-27(23(21)29)17-5-9-19(10-6-17)37(31,32)33;;;/h4-13,30H,1-3H3,(H,31,32,33)(H,34,35,36);;;/q;3*+1/p-3/b14-4+,21-13-;;;. The van der Waals surface area contributed by atoms with Gasteiger partial charge in [-0.2, -0.15) is 15.2 Å². The summed E-state index contributed by atoms with van der Waals surface area (Å²) in [6, 6.07) is 9.55. The SMILES string of the molecule is CC1=NN(c2ccc(S(=O)(=O)[O-])cc2)C(=O)/C1=C\C=C(/C)c1c(C)nn(-c2ccc(S(=O)(=O)[O-])cc2)c1[O-].[K+].[K+].[K+]. The van der Waals surface area contributed by atoms with E-state index in [-0.39, 0.29) is 177 Å². The Morgan fingerprint density at radius 1 is 0.829 bits per heavy atom. The zero-order valence-electron chi connectivity index (χ0n) is 23.1. The van der Waals surface area contributed by atoms with E-state index >= 15 is 0 Å². The summed E-state index contributed by atoms with van der Waals surface area (Å²) in [4.78, 5) is 12.1. The predicted octanol–water partition coefficient (Wildman–Crippen LogP) is -7.17. The minimum Gasteiger partial charge on any atom is -0.858 e. The number of nitrogens with zero attached hydrogens (tertiary/aromatic N) is 4. The topological polar surface area (TPSA) is 188 Å². The maximum absolute atomic E-state index is 13.1. The van der Waals surface area contributed by atoms with Crippen LogP contribution in [0.15, 0.2) is 81.1 Å². The molecule has 17 heteroatoms. The number of aryl methyl sites for hydroxylation is 1. The number of allylic oxidation sites excluding steroid dienone is 3. The summed E-state index contributed by atoms with van der Waals surface area (Å²) in [5.41, 5.74) is 2.30. The molecule has 2 aromatic carbocycles. The molecule has 1 aliphatic heterocycles. The summed E-state index contributed by atoms with van der Waals surface area (Å²) in [6.45, 7) is 4.89. The van der Waals surface area contributed by atoms with E-state index in [0.717, 1.165) is 34.0 Å². The number of benzene rings is 2. The Hall–Kier alpha value is 0.799. The summed E-state index contributed by atoms with van der Waals surface area (Å²) in [7, 11) is -9.26. The van der Waals surface area contributed by atoms with E-state index in [0.29, 0.717) is 17.0 Å². The van der Waals surface area contributed by atoms with Gasteiger partial charge in [-0.1, -0.05) is 6.08 Å². The molecule has 1 aromatic heterocycles. The summed E-state index contributed by atoms with van der Waals surface area (Å²) in [5, 5.41) is 22.6. The number of aromatic nitrogens is 2. The third-order valence-corrected chi connectivity index (χ3v) is 7.41. The minimum atomic E-state index is -4.63. The molecule has 0 radical (unpaired) electrons. The van der Waals surface area contributed by atoms with Crippen LogP contribution in [0, 0.1) is 6.92 Å². The van der Waals surface area contributed by atoms with Crippen LogP contribution in [0.4, 0.5) is 5.69 Å². The van der Waals surface area contributed by atoms with Gasteiger partial charge in [0.2, 0.25) is 0 Å². The second-order valence-electron chi connectivity index (χ2n) is 8.31. The van der Waals surface area contributed by atoms with E-state index in [1.165, 1.54) is 30.3 Å². The molecule has 41 heavy (non-hydrogen) atoms. The van der Waals surface area contributed by atoms with E-state index in [4.69, 9.17) is 0 Å². The van der Waals surface area contributed by atoms with Crippen molar-refractivity contribution in [1.82, 2.24) is 9.78 Å².